The molecule has 0 atom stereocenters. The molecule has 0 amide bonds. The predicted molar refractivity (Wildman–Crippen MR) is 76.6 cm³/mol. The Balaban J connectivity index is 1.72. The van der Waals surface area contributed by atoms with E-state index in [1.165, 1.54) is 37.8 Å². The van der Waals surface area contributed by atoms with E-state index in [4.69, 9.17) is 5.11 Å². The van der Waals surface area contributed by atoms with Crippen LogP contribution in [0.15, 0.2) is 24.3 Å². The fraction of sp³-hybridized carbons (Fsp3) is 0.529. The first kappa shape index (κ1) is 12.7. The minimum atomic E-state index is -0.0667. The number of aliphatic hydroxyl groups excluding tert-OH is 1. The number of hydrogen-bond acceptors (Lipinski definition) is 2. The summed E-state index contributed by atoms with van der Waals surface area (Å²) in [6.07, 6.45) is 5.54. The first-order valence-corrected chi connectivity index (χ1v) is 7.28. The van der Waals surface area contributed by atoms with E-state index in [9.17, 15) is 0 Å². The molecular formula is C17H21NO. The average molecular weight is 255 g/mol. The van der Waals surface area contributed by atoms with Gasteiger partial charge in [-0.25, -0.2) is 0 Å². The zero-order valence-electron chi connectivity index (χ0n) is 11.3. The largest absolute Gasteiger partial charge is 0.384 e. The molecule has 2 aliphatic carbocycles. The molecule has 2 aliphatic rings. The molecule has 19 heavy (non-hydrogen) atoms. The minimum Gasteiger partial charge on any atom is -0.384 e. The Labute approximate surface area is 115 Å². The first-order chi connectivity index (χ1) is 9.36. The lowest BCUT2D eigenvalue weighted by Crippen LogP contribution is -2.28. The molecular weight excluding hydrogens is 234 g/mol. The van der Waals surface area contributed by atoms with Crippen LogP contribution < -0.4 is 0 Å². The Morgan fingerprint density at radius 1 is 1.16 bits per heavy atom. The fourth-order valence-corrected chi connectivity index (χ4v) is 2.55. The highest BCUT2D eigenvalue weighted by Gasteiger charge is 2.33. The van der Waals surface area contributed by atoms with Crippen LogP contribution in [-0.2, 0) is 6.54 Å². The summed E-state index contributed by atoms with van der Waals surface area (Å²) in [4.78, 5) is 2.64. The molecule has 2 nitrogen and oxygen atoms in total. The Morgan fingerprint density at radius 3 is 2.63 bits per heavy atom. The van der Waals surface area contributed by atoms with Gasteiger partial charge in [0.2, 0.25) is 0 Å². The van der Waals surface area contributed by atoms with Gasteiger partial charge >= 0.3 is 0 Å². The summed E-state index contributed by atoms with van der Waals surface area (Å²) in [5, 5.41) is 8.84. The van der Waals surface area contributed by atoms with Gasteiger partial charge in [0.05, 0.1) is 0 Å². The molecule has 0 aliphatic heterocycles. The van der Waals surface area contributed by atoms with E-state index in [2.05, 4.69) is 34.9 Å². The van der Waals surface area contributed by atoms with Crippen molar-refractivity contribution in [3.63, 3.8) is 0 Å². The lowest BCUT2D eigenvalue weighted by Gasteiger charge is -2.22. The molecule has 2 heteroatoms. The van der Waals surface area contributed by atoms with Crippen molar-refractivity contribution >= 4 is 0 Å². The lowest BCUT2D eigenvalue weighted by molar-refractivity contribution is 0.244. The van der Waals surface area contributed by atoms with Crippen molar-refractivity contribution in [2.24, 2.45) is 5.92 Å². The second-order valence-electron chi connectivity index (χ2n) is 5.72. The van der Waals surface area contributed by atoms with E-state index < -0.39 is 0 Å². The van der Waals surface area contributed by atoms with Crippen LogP contribution >= 0.6 is 0 Å². The first-order valence-electron chi connectivity index (χ1n) is 7.28. The van der Waals surface area contributed by atoms with Crippen LogP contribution in [0.25, 0.3) is 0 Å². The zero-order chi connectivity index (χ0) is 13.1. The molecule has 0 bridgehead atoms. The van der Waals surface area contributed by atoms with Gasteiger partial charge in [-0.15, -0.1) is 0 Å². The molecule has 0 aromatic heterocycles. The minimum absolute atomic E-state index is 0.0667. The van der Waals surface area contributed by atoms with Crippen molar-refractivity contribution in [2.75, 3.05) is 13.2 Å². The third-order valence-corrected chi connectivity index (χ3v) is 3.95. The highest BCUT2D eigenvalue weighted by molar-refractivity contribution is 5.41. The molecule has 0 unspecified atom stereocenters. The molecule has 3 rings (SSSR count). The second kappa shape index (κ2) is 5.77. The van der Waals surface area contributed by atoms with Gasteiger partial charge in [0.1, 0.15) is 6.61 Å². The van der Waals surface area contributed by atoms with Gasteiger partial charge in [-0.3, -0.25) is 4.90 Å². The maximum atomic E-state index is 8.84. The van der Waals surface area contributed by atoms with Gasteiger partial charge in [0, 0.05) is 24.7 Å². The van der Waals surface area contributed by atoms with Crippen LogP contribution in [0.1, 0.15) is 36.8 Å². The second-order valence-corrected chi connectivity index (χ2v) is 5.72. The maximum Gasteiger partial charge on any atom is 0.104 e. The van der Waals surface area contributed by atoms with E-state index in [0.717, 1.165) is 24.1 Å². The molecule has 0 saturated heterocycles. The van der Waals surface area contributed by atoms with Gasteiger partial charge in [0.15, 0.2) is 0 Å². The van der Waals surface area contributed by atoms with Crippen LogP contribution in [0.3, 0.4) is 0 Å². The molecule has 1 aromatic rings. The Morgan fingerprint density at radius 2 is 1.95 bits per heavy atom. The van der Waals surface area contributed by atoms with Crippen LogP contribution in [0, 0.1) is 17.8 Å². The van der Waals surface area contributed by atoms with E-state index >= 15 is 0 Å². The summed E-state index contributed by atoms with van der Waals surface area (Å²) < 4.78 is 0. The summed E-state index contributed by atoms with van der Waals surface area (Å²) in [6.45, 7) is 2.20. The standard InChI is InChI=1S/C17H21NO/c19-11-3-6-15-4-1-2-5-16(15)13-18(17-9-10-17)12-14-7-8-14/h1-2,4-5,14,17,19H,7-13H2. The number of benzene rings is 1. The Bertz CT molecular complexity index is 491. The topological polar surface area (TPSA) is 23.5 Å². The summed E-state index contributed by atoms with van der Waals surface area (Å²) in [5.41, 5.74) is 2.37. The monoisotopic (exact) mass is 255 g/mol. The van der Waals surface area contributed by atoms with Crippen molar-refractivity contribution in [3.05, 3.63) is 35.4 Å². The number of rotatable bonds is 5. The van der Waals surface area contributed by atoms with Crippen molar-refractivity contribution in [2.45, 2.75) is 38.3 Å². The predicted octanol–water partition coefficient (Wildman–Crippen LogP) is 2.40. The van der Waals surface area contributed by atoms with Crippen molar-refractivity contribution in [1.29, 1.82) is 0 Å². The van der Waals surface area contributed by atoms with Crippen LogP contribution in [0.5, 0.6) is 0 Å². The third-order valence-electron chi connectivity index (χ3n) is 3.95. The normalized spacial score (nSPS) is 18.2. The van der Waals surface area contributed by atoms with E-state index in [-0.39, 0.29) is 6.61 Å². The quantitative estimate of drug-likeness (QED) is 0.817. The van der Waals surface area contributed by atoms with Crippen molar-refractivity contribution in [1.82, 2.24) is 4.90 Å². The molecule has 0 radical (unpaired) electrons. The van der Waals surface area contributed by atoms with Gasteiger partial charge in [-0.2, -0.15) is 0 Å². The van der Waals surface area contributed by atoms with Crippen molar-refractivity contribution < 1.29 is 5.11 Å². The molecule has 0 heterocycles. The van der Waals surface area contributed by atoms with Crippen molar-refractivity contribution in [3.8, 4) is 11.8 Å². The Kier molecular flexibility index (Phi) is 3.87. The zero-order valence-corrected chi connectivity index (χ0v) is 11.3. The van der Waals surface area contributed by atoms with Crippen LogP contribution in [0.2, 0.25) is 0 Å². The number of nitrogens with zero attached hydrogens (tertiary/aromatic N) is 1. The van der Waals surface area contributed by atoms with Crippen LogP contribution in [0.4, 0.5) is 0 Å². The maximum absolute atomic E-state index is 8.84. The fourth-order valence-electron chi connectivity index (χ4n) is 2.55. The number of hydrogen-bond donors (Lipinski definition) is 1. The summed E-state index contributed by atoms with van der Waals surface area (Å²) in [6, 6.07) is 9.14. The SMILES string of the molecule is OCC#Cc1ccccc1CN(CC1CC1)C1CC1. The van der Waals surface area contributed by atoms with Gasteiger partial charge < -0.3 is 5.11 Å². The summed E-state index contributed by atoms with van der Waals surface area (Å²) in [7, 11) is 0. The third kappa shape index (κ3) is 3.59. The lowest BCUT2D eigenvalue weighted by atomic mass is 10.1. The molecule has 2 saturated carbocycles. The van der Waals surface area contributed by atoms with E-state index in [1.807, 2.05) is 6.07 Å². The summed E-state index contributed by atoms with van der Waals surface area (Å²) in [5.74, 6) is 6.77. The Hall–Kier alpha value is -1.30. The highest BCUT2D eigenvalue weighted by atomic mass is 16.2. The van der Waals surface area contributed by atoms with Crippen LogP contribution in [-0.4, -0.2) is 29.2 Å². The molecule has 1 aromatic carbocycles. The van der Waals surface area contributed by atoms with Gasteiger partial charge in [-0.05, 0) is 43.2 Å². The summed E-state index contributed by atoms with van der Waals surface area (Å²) >= 11 is 0. The molecule has 0 spiro atoms. The molecule has 1 N–H and O–H groups in total. The average Bonchev–Trinajstić information content (AvgIpc) is 3.28. The van der Waals surface area contributed by atoms with Gasteiger partial charge in [-0.1, -0.05) is 30.0 Å². The van der Waals surface area contributed by atoms with Gasteiger partial charge in [0.25, 0.3) is 0 Å². The smallest absolute Gasteiger partial charge is 0.104 e. The van der Waals surface area contributed by atoms with E-state index in [0.29, 0.717) is 0 Å². The molecule has 100 valence electrons. The highest BCUT2D eigenvalue weighted by Crippen LogP contribution is 2.35. The number of aliphatic hydroxyl groups is 1. The molecule has 2 fully saturated rings. The van der Waals surface area contributed by atoms with E-state index in [1.54, 1.807) is 0 Å².